The highest BCUT2D eigenvalue weighted by atomic mass is 16.2. The molecule has 0 saturated heterocycles. The summed E-state index contributed by atoms with van der Waals surface area (Å²) >= 11 is 0. The molecule has 3 aromatic rings. The summed E-state index contributed by atoms with van der Waals surface area (Å²) in [5.74, 6) is -0.313. The fourth-order valence-electron chi connectivity index (χ4n) is 2.77. The van der Waals surface area contributed by atoms with Gasteiger partial charge in [0, 0.05) is 17.7 Å². The zero-order valence-electron chi connectivity index (χ0n) is 17.1. The molecule has 0 aliphatic rings. The van der Waals surface area contributed by atoms with E-state index in [1.54, 1.807) is 30.6 Å². The summed E-state index contributed by atoms with van der Waals surface area (Å²) in [6, 6.07) is 12.9. The van der Waals surface area contributed by atoms with Crippen molar-refractivity contribution in [2.24, 2.45) is 5.41 Å². The van der Waals surface area contributed by atoms with E-state index < -0.39 is 22.4 Å². The van der Waals surface area contributed by atoms with E-state index in [2.05, 4.69) is 20.9 Å². The van der Waals surface area contributed by atoms with Gasteiger partial charge in [0.15, 0.2) is 0 Å². The molecule has 0 saturated carbocycles. The van der Waals surface area contributed by atoms with Gasteiger partial charge in [-0.3, -0.25) is 19.4 Å². The predicted octanol–water partition coefficient (Wildman–Crippen LogP) is 3.03. The van der Waals surface area contributed by atoms with Gasteiger partial charge in [-0.1, -0.05) is 51.1 Å². The van der Waals surface area contributed by atoms with E-state index >= 15 is 0 Å². The van der Waals surface area contributed by atoms with Crippen molar-refractivity contribution < 1.29 is 4.79 Å². The largest absolute Gasteiger partial charge is 0.360 e. The Kier molecular flexibility index (Phi) is 6.11. The highest BCUT2D eigenvalue weighted by molar-refractivity contribution is 5.92. The molecule has 0 fully saturated rings. The number of aromatic nitrogens is 1. The summed E-state index contributed by atoms with van der Waals surface area (Å²) in [4.78, 5) is 40.7. The van der Waals surface area contributed by atoms with Crippen LogP contribution < -0.4 is 26.8 Å². The monoisotopic (exact) mass is 404 g/mol. The summed E-state index contributed by atoms with van der Waals surface area (Å²) < 4.78 is 0. The Hall–Kier alpha value is -3.74. The molecule has 1 heterocycles. The second-order valence-corrected chi connectivity index (χ2v) is 7.97. The second kappa shape index (κ2) is 8.73. The molecule has 3 N–H and O–H groups in total. The lowest BCUT2D eigenvalue weighted by Gasteiger charge is -2.33. The van der Waals surface area contributed by atoms with Gasteiger partial charge < -0.3 is 16.0 Å². The van der Waals surface area contributed by atoms with E-state index in [4.69, 9.17) is 0 Å². The summed E-state index contributed by atoms with van der Waals surface area (Å²) in [7, 11) is 0. The molecule has 3 rings (SSSR count). The molecule has 1 atom stereocenters. The van der Waals surface area contributed by atoms with Gasteiger partial charge in [-0.15, -0.1) is 0 Å². The zero-order chi connectivity index (χ0) is 21.7. The normalized spacial score (nSPS) is 12.6. The van der Waals surface area contributed by atoms with Gasteiger partial charge in [0.1, 0.15) is 17.5 Å². The number of carbonyl (C=O) groups is 1. The van der Waals surface area contributed by atoms with Gasteiger partial charge in [-0.25, -0.2) is 0 Å². The van der Waals surface area contributed by atoms with Crippen molar-refractivity contribution in [2.45, 2.75) is 26.9 Å². The standard InChI is InChI=1S/C23H24N4O3/c1-23(2,3)22(26-17(28)12-11-15-8-5-4-6-9-15)27-19-18(20(29)21(19)30)25-16-10-7-13-24-14-16/h4-14,22,25,27H,1-3H3,(H,26,28)/b12-11+. The summed E-state index contributed by atoms with van der Waals surface area (Å²) in [5, 5.41) is 8.83. The van der Waals surface area contributed by atoms with Crippen LogP contribution in [-0.4, -0.2) is 17.1 Å². The SMILES string of the molecule is CC(C)(C)C(NC(=O)/C=C/c1ccccc1)Nc1c(Nc2cccnc2)c(=O)c1=O. The Balaban J connectivity index is 1.75. The van der Waals surface area contributed by atoms with Crippen molar-refractivity contribution in [1.29, 1.82) is 0 Å². The van der Waals surface area contributed by atoms with Crippen molar-refractivity contribution >= 4 is 29.0 Å². The molecule has 0 aliphatic heterocycles. The Labute approximate surface area is 174 Å². The first-order valence-electron chi connectivity index (χ1n) is 9.56. The third-order valence-electron chi connectivity index (χ3n) is 4.51. The zero-order valence-corrected chi connectivity index (χ0v) is 17.1. The van der Waals surface area contributed by atoms with Gasteiger partial charge in [-0.05, 0) is 23.8 Å². The number of nitrogens with zero attached hydrogens (tertiary/aromatic N) is 1. The number of anilines is 3. The molecule has 0 bridgehead atoms. The van der Waals surface area contributed by atoms with Crippen LogP contribution in [0.4, 0.5) is 17.1 Å². The lowest BCUT2D eigenvalue weighted by Crippen LogP contribution is -2.51. The van der Waals surface area contributed by atoms with Crippen molar-refractivity contribution in [3.63, 3.8) is 0 Å². The third kappa shape index (κ3) is 5.00. The average molecular weight is 404 g/mol. The number of hydrogen-bond donors (Lipinski definition) is 3. The van der Waals surface area contributed by atoms with E-state index in [-0.39, 0.29) is 17.3 Å². The van der Waals surface area contributed by atoms with Crippen LogP contribution in [0.5, 0.6) is 0 Å². The first kappa shape index (κ1) is 21.0. The summed E-state index contributed by atoms with van der Waals surface area (Å²) in [6.45, 7) is 5.77. The smallest absolute Gasteiger partial charge is 0.253 e. The fourth-order valence-corrected chi connectivity index (χ4v) is 2.77. The first-order valence-corrected chi connectivity index (χ1v) is 9.56. The molecule has 1 aromatic heterocycles. The van der Waals surface area contributed by atoms with E-state index in [0.29, 0.717) is 5.69 Å². The molecule has 7 heteroatoms. The van der Waals surface area contributed by atoms with Gasteiger partial charge in [0.2, 0.25) is 5.91 Å². The number of pyridine rings is 1. The number of hydrogen-bond acceptors (Lipinski definition) is 6. The van der Waals surface area contributed by atoms with E-state index in [1.165, 1.54) is 6.08 Å². The van der Waals surface area contributed by atoms with E-state index in [0.717, 1.165) is 5.56 Å². The lowest BCUT2D eigenvalue weighted by atomic mass is 9.91. The van der Waals surface area contributed by atoms with Crippen molar-refractivity contribution in [3.8, 4) is 0 Å². The number of carbonyl (C=O) groups excluding carboxylic acids is 1. The Morgan fingerprint density at radius 2 is 1.70 bits per heavy atom. The van der Waals surface area contributed by atoms with E-state index in [1.807, 2.05) is 51.1 Å². The van der Waals surface area contributed by atoms with Gasteiger partial charge in [-0.2, -0.15) is 0 Å². The topological polar surface area (TPSA) is 100 Å². The van der Waals surface area contributed by atoms with Crippen LogP contribution in [-0.2, 0) is 4.79 Å². The number of nitrogens with one attached hydrogen (secondary N) is 3. The molecule has 1 amide bonds. The van der Waals surface area contributed by atoms with Gasteiger partial charge in [0.05, 0.1) is 11.9 Å². The Morgan fingerprint density at radius 3 is 2.33 bits per heavy atom. The predicted molar refractivity (Wildman–Crippen MR) is 119 cm³/mol. The summed E-state index contributed by atoms with van der Waals surface area (Å²) in [5.41, 5.74) is 0.149. The Bertz CT molecular complexity index is 1110. The average Bonchev–Trinajstić information content (AvgIpc) is 2.74. The molecule has 0 spiro atoms. The fraction of sp³-hybridized carbons (Fsp3) is 0.217. The maximum absolute atomic E-state index is 12.4. The van der Waals surface area contributed by atoms with Crippen LogP contribution in [0.1, 0.15) is 26.3 Å². The van der Waals surface area contributed by atoms with Crippen LogP contribution in [0.15, 0.2) is 70.5 Å². The number of amides is 1. The molecule has 7 nitrogen and oxygen atoms in total. The van der Waals surface area contributed by atoms with Gasteiger partial charge >= 0.3 is 0 Å². The quantitative estimate of drug-likeness (QED) is 0.318. The molecule has 2 aromatic carbocycles. The van der Waals surface area contributed by atoms with Crippen molar-refractivity contribution in [2.75, 3.05) is 10.6 Å². The van der Waals surface area contributed by atoms with Gasteiger partial charge in [0.25, 0.3) is 10.9 Å². The molecule has 1 unspecified atom stereocenters. The van der Waals surface area contributed by atoms with Crippen molar-refractivity contribution in [3.05, 3.63) is 86.9 Å². The van der Waals surface area contributed by atoms with Crippen LogP contribution in [0.3, 0.4) is 0 Å². The van der Waals surface area contributed by atoms with E-state index in [9.17, 15) is 14.4 Å². The van der Waals surface area contributed by atoms with Crippen molar-refractivity contribution in [1.82, 2.24) is 10.3 Å². The summed E-state index contributed by atoms with van der Waals surface area (Å²) in [6.07, 6.45) is 5.73. The molecule has 154 valence electrons. The molecular formula is C23H24N4O3. The molecule has 0 radical (unpaired) electrons. The maximum Gasteiger partial charge on any atom is 0.253 e. The number of rotatable bonds is 7. The minimum Gasteiger partial charge on any atom is -0.360 e. The molecule has 30 heavy (non-hydrogen) atoms. The third-order valence-corrected chi connectivity index (χ3v) is 4.51. The second-order valence-electron chi connectivity index (χ2n) is 7.97. The minimum absolute atomic E-state index is 0.149. The van der Waals surface area contributed by atoms with Crippen LogP contribution in [0.25, 0.3) is 6.08 Å². The Morgan fingerprint density at radius 1 is 1.00 bits per heavy atom. The van der Waals surface area contributed by atoms with Crippen LogP contribution in [0, 0.1) is 5.41 Å². The lowest BCUT2D eigenvalue weighted by molar-refractivity contribution is -0.117. The first-order chi connectivity index (χ1) is 14.3. The van der Waals surface area contributed by atoms with Crippen LogP contribution >= 0.6 is 0 Å². The molecule has 0 aliphatic carbocycles. The highest BCUT2D eigenvalue weighted by Gasteiger charge is 2.30. The minimum atomic E-state index is -0.621. The molecular weight excluding hydrogens is 380 g/mol. The highest BCUT2D eigenvalue weighted by Crippen LogP contribution is 2.25. The van der Waals surface area contributed by atoms with Crippen LogP contribution in [0.2, 0.25) is 0 Å². The number of benzene rings is 1. The maximum atomic E-state index is 12.4.